The van der Waals surface area contributed by atoms with Gasteiger partial charge in [0.15, 0.2) is 0 Å². The molecular formula is C14H10BrNO4. The van der Waals surface area contributed by atoms with Crippen molar-refractivity contribution in [3.05, 3.63) is 57.1 Å². The predicted molar refractivity (Wildman–Crippen MR) is 77.5 cm³/mol. The van der Waals surface area contributed by atoms with Gasteiger partial charge in [0.25, 0.3) is 5.69 Å². The lowest BCUT2D eigenvalue weighted by atomic mass is 10.0. The number of benzene rings is 2. The molecule has 0 spiro atoms. The molecule has 5 nitrogen and oxygen atoms in total. The Bertz CT molecular complexity index is 667. The molecule has 0 atom stereocenters. The molecule has 0 aliphatic heterocycles. The minimum absolute atomic E-state index is 0.105. The minimum atomic E-state index is -0.518. The van der Waals surface area contributed by atoms with Crippen molar-refractivity contribution < 1.29 is 14.5 Å². The standard InChI is InChI=1S/C14H10BrNO4/c1-9(17)20-12-6-7-13(14(8-12)16(18)19)10-2-4-11(15)5-3-10/h2-8H,1H3. The van der Waals surface area contributed by atoms with Crippen molar-refractivity contribution >= 4 is 27.6 Å². The van der Waals surface area contributed by atoms with E-state index in [-0.39, 0.29) is 11.4 Å². The highest BCUT2D eigenvalue weighted by atomic mass is 79.9. The van der Waals surface area contributed by atoms with Gasteiger partial charge in [-0.15, -0.1) is 0 Å². The lowest BCUT2D eigenvalue weighted by molar-refractivity contribution is -0.384. The maximum atomic E-state index is 11.2. The van der Waals surface area contributed by atoms with Crippen molar-refractivity contribution in [2.75, 3.05) is 0 Å². The van der Waals surface area contributed by atoms with E-state index < -0.39 is 10.9 Å². The molecule has 6 heteroatoms. The van der Waals surface area contributed by atoms with Crippen LogP contribution in [0.25, 0.3) is 11.1 Å². The van der Waals surface area contributed by atoms with Crippen LogP contribution in [0.2, 0.25) is 0 Å². The molecule has 0 radical (unpaired) electrons. The number of hydrogen-bond acceptors (Lipinski definition) is 4. The third kappa shape index (κ3) is 3.21. The molecule has 0 saturated carbocycles. The van der Waals surface area contributed by atoms with Crippen molar-refractivity contribution in [2.45, 2.75) is 6.92 Å². The SMILES string of the molecule is CC(=O)Oc1ccc(-c2ccc(Br)cc2)c([N+](=O)[O-])c1. The zero-order valence-corrected chi connectivity index (χ0v) is 12.1. The lowest BCUT2D eigenvalue weighted by Crippen LogP contribution is -2.02. The number of carbonyl (C=O) groups is 1. The molecule has 0 N–H and O–H groups in total. The smallest absolute Gasteiger partial charge is 0.308 e. The zero-order valence-electron chi connectivity index (χ0n) is 10.5. The highest BCUT2D eigenvalue weighted by molar-refractivity contribution is 9.10. The maximum absolute atomic E-state index is 11.2. The molecule has 0 saturated heterocycles. The molecule has 0 aliphatic rings. The third-order valence-corrected chi connectivity index (χ3v) is 3.11. The van der Waals surface area contributed by atoms with E-state index in [0.717, 1.165) is 4.47 Å². The molecule has 0 aliphatic carbocycles. The van der Waals surface area contributed by atoms with E-state index >= 15 is 0 Å². The molecule has 102 valence electrons. The van der Waals surface area contributed by atoms with Gasteiger partial charge >= 0.3 is 5.97 Å². The van der Waals surface area contributed by atoms with E-state index in [0.29, 0.717) is 11.1 Å². The van der Waals surface area contributed by atoms with Gasteiger partial charge in [0, 0.05) is 11.4 Å². The third-order valence-electron chi connectivity index (χ3n) is 2.58. The summed E-state index contributed by atoms with van der Waals surface area (Å²) in [6, 6.07) is 11.5. The van der Waals surface area contributed by atoms with Gasteiger partial charge in [-0.3, -0.25) is 14.9 Å². The van der Waals surface area contributed by atoms with Crippen molar-refractivity contribution in [3.8, 4) is 16.9 Å². The number of carbonyl (C=O) groups excluding carboxylic acids is 1. The Morgan fingerprint density at radius 1 is 1.20 bits per heavy atom. The van der Waals surface area contributed by atoms with Crippen LogP contribution in [0.15, 0.2) is 46.9 Å². The van der Waals surface area contributed by atoms with Gasteiger partial charge in [-0.25, -0.2) is 0 Å². The van der Waals surface area contributed by atoms with Gasteiger partial charge in [-0.1, -0.05) is 28.1 Å². The van der Waals surface area contributed by atoms with Crippen LogP contribution in [0.1, 0.15) is 6.92 Å². The Morgan fingerprint density at radius 2 is 1.85 bits per heavy atom. The zero-order chi connectivity index (χ0) is 14.7. The Labute approximate surface area is 123 Å². The number of hydrogen-bond donors (Lipinski definition) is 0. The first kappa shape index (κ1) is 14.2. The predicted octanol–water partition coefficient (Wildman–Crippen LogP) is 3.95. The Balaban J connectivity index is 2.50. The van der Waals surface area contributed by atoms with E-state index in [1.165, 1.54) is 19.1 Å². The summed E-state index contributed by atoms with van der Waals surface area (Å²) in [4.78, 5) is 21.5. The summed E-state index contributed by atoms with van der Waals surface area (Å²) in [5, 5.41) is 11.2. The second-order valence-electron chi connectivity index (χ2n) is 4.04. The molecule has 0 amide bonds. The van der Waals surface area contributed by atoms with Crippen molar-refractivity contribution in [1.29, 1.82) is 0 Å². The van der Waals surface area contributed by atoms with Crippen LogP contribution < -0.4 is 4.74 Å². The monoisotopic (exact) mass is 335 g/mol. The van der Waals surface area contributed by atoms with Gasteiger partial charge in [-0.2, -0.15) is 0 Å². The van der Waals surface area contributed by atoms with Crippen LogP contribution in [-0.4, -0.2) is 10.9 Å². The number of rotatable bonds is 3. The molecule has 0 fully saturated rings. The highest BCUT2D eigenvalue weighted by Gasteiger charge is 2.17. The summed E-state index contributed by atoms with van der Waals surface area (Å²) >= 11 is 3.31. The number of halogens is 1. The van der Waals surface area contributed by atoms with Gasteiger partial charge in [0.1, 0.15) is 5.75 Å². The number of nitro groups is 1. The first-order chi connectivity index (χ1) is 9.47. The fraction of sp³-hybridized carbons (Fsp3) is 0.0714. The number of esters is 1. The van der Waals surface area contributed by atoms with Gasteiger partial charge in [0.05, 0.1) is 16.6 Å². The van der Waals surface area contributed by atoms with Gasteiger partial charge in [0.2, 0.25) is 0 Å². The molecule has 2 rings (SSSR count). The van der Waals surface area contributed by atoms with Crippen LogP contribution in [0, 0.1) is 10.1 Å². The van der Waals surface area contributed by atoms with Crippen molar-refractivity contribution in [3.63, 3.8) is 0 Å². The molecule has 20 heavy (non-hydrogen) atoms. The molecule has 0 heterocycles. The number of nitro benzene ring substituents is 1. The largest absolute Gasteiger partial charge is 0.426 e. The molecule has 2 aromatic carbocycles. The summed E-state index contributed by atoms with van der Waals surface area (Å²) in [6.45, 7) is 1.24. The summed E-state index contributed by atoms with van der Waals surface area (Å²) < 4.78 is 5.75. The lowest BCUT2D eigenvalue weighted by Gasteiger charge is -2.06. The van der Waals surface area contributed by atoms with Gasteiger partial charge < -0.3 is 4.74 Å². The van der Waals surface area contributed by atoms with Crippen LogP contribution >= 0.6 is 15.9 Å². The maximum Gasteiger partial charge on any atom is 0.308 e. The molecule has 0 bridgehead atoms. The summed E-state index contributed by atoms with van der Waals surface area (Å²) in [7, 11) is 0. The molecule has 0 aromatic heterocycles. The number of nitrogens with zero attached hydrogens (tertiary/aromatic N) is 1. The Morgan fingerprint density at radius 3 is 2.40 bits per heavy atom. The van der Waals surface area contributed by atoms with E-state index in [1.54, 1.807) is 30.3 Å². The Hall–Kier alpha value is -2.21. The van der Waals surface area contributed by atoms with Crippen LogP contribution in [0.5, 0.6) is 5.75 Å². The average molecular weight is 336 g/mol. The van der Waals surface area contributed by atoms with Crippen LogP contribution in [0.4, 0.5) is 5.69 Å². The number of ether oxygens (including phenoxy) is 1. The van der Waals surface area contributed by atoms with Crippen molar-refractivity contribution in [2.24, 2.45) is 0 Å². The minimum Gasteiger partial charge on any atom is -0.426 e. The Kier molecular flexibility index (Phi) is 4.14. The van der Waals surface area contributed by atoms with E-state index in [1.807, 2.05) is 0 Å². The second kappa shape index (κ2) is 5.83. The van der Waals surface area contributed by atoms with Crippen LogP contribution in [0.3, 0.4) is 0 Å². The topological polar surface area (TPSA) is 69.4 Å². The van der Waals surface area contributed by atoms with Crippen molar-refractivity contribution in [1.82, 2.24) is 0 Å². The van der Waals surface area contributed by atoms with E-state index in [4.69, 9.17) is 4.74 Å². The molecule has 2 aromatic rings. The average Bonchev–Trinajstić information content (AvgIpc) is 2.39. The fourth-order valence-corrected chi connectivity index (χ4v) is 2.03. The molecule has 0 unspecified atom stereocenters. The summed E-state index contributed by atoms with van der Waals surface area (Å²) in [6.07, 6.45) is 0. The summed E-state index contributed by atoms with van der Waals surface area (Å²) in [5.41, 5.74) is 1.08. The first-order valence-electron chi connectivity index (χ1n) is 5.70. The van der Waals surface area contributed by atoms with E-state index in [2.05, 4.69) is 15.9 Å². The second-order valence-corrected chi connectivity index (χ2v) is 4.95. The van der Waals surface area contributed by atoms with Gasteiger partial charge in [-0.05, 0) is 29.8 Å². The van der Waals surface area contributed by atoms with Crippen LogP contribution in [-0.2, 0) is 4.79 Å². The quantitative estimate of drug-likeness (QED) is 0.368. The summed E-state index contributed by atoms with van der Waals surface area (Å²) in [5.74, 6) is -0.360. The fourth-order valence-electron chi connectivity index (χ4n) is 1.77. The van der Waals surface area contributed by atoms with E-state index in [9.17, 15) is 14.9 Å². The highest BCUT2D eigenvalue weighted by Crippen LogP contribution is 2.33. The molecular weight excluding hydrogens is 326 g/mol. The normalized spacial score (nSPS) is 10.1. The first-order valence-corrected chi connectivity index (χ1v) is 6.49.